The molecule has 0 aliphatic rings. The van der Waals surface area contributed by atoms with Gasteiger partial charge in [0, 0.05) is 24.2 Å². The fraction of sp³-hybridized carbons (Fsp3) is 0.222. The van der Waals surface area contributed by atoms with Crippen LogP contribution in [0.15, 0.2) is 53.6 Å². The van der Waals surface area contributed by atoms with E-state index >= 15 is 0 Å². The normalized spacial score (nSPS) is 10.5. The van der Waals surface area contributed by atoms with Crippen LogP contribution in [0.1, 0.15) is 18.4 Å². The van der Waals surface area contributed by atoms with Crippen LogP contribution in [0.4, 0.5) is 5.69 Å². The highest BCUT2D eigenvalue weighted by molar-refractivity contribution is 5.84. The molecule has 1 amide bonds. The van der Waals surface area contributed by atoms with Gasteiger partial charge in [-0.05, 0) is 42.8 Å². The Morgan fingerprint density at radius 2 is 1.96 bits per heavy atom. The van der Waals surface area contributed by atoms with E-state index in [2.05, 4.69) is 15.8 Å². The van der Waals surface area contributed by atoms with Gasteiger partial charge in [0.1, 0.15) is 11.5 Å². The largest absolute Gasteiger partial charge is 0.507 e. The summed E-state index contributed by atoms with van der Waals surface area (Å²) >= 11 is 0. The topological polar surface area (TPSA) is 83.0 Å². The summed E-state index contributed by atoms with van der Waals surface area (Å²) in [6.45, 7) is 0.683. The van der Waals surface area contributed by atoms with Crippen LogP contribution in [0, 0.1) is 0 Å². The summed E-state index contributed by atoms with van der Waals surface area (Å²) in [6.07, 6.45) is 2.47. The predicted octanol–water partition coefficient (Wildman–Crippen LogP) is 2.74. The van der Waals surface area contributed by atoms with Crippen LogP contribution in [0.3, 0.4) is 0 Å². The van der Waals surface area contributed by atoms with Crippen LogP contribution in [-0.4, -0.2) is 30.9 Å². The van der Waals surface area contributed by atoms with Gasteiger partial charge in [-0.1, -0.05) is 12.1 Å². The number of methoxy groups -OCH3 is 1. The Labute approximate surface area is 141 Å². The van der Waals surface area contributed by atoms with Crippen molar-refractivity contribution in [1.82, 2.24) is 5.43 Å². The molecule has 0 heterocycles. The third kappa shape index (κ3) is 5.64. The van der Waals surface area contributed by atoms with Gasteiger partial charge < -0.3 is 15.2 Å². The minimum atomic E-state index is -0.168. The van der Waals surface area contributed by atoms with Crippen LogP contribution >= 0.6 is 0 Å². The number of carbonyl (C=O) groups excluding carboxylic acids is 1. The average molecular weight is 327 g/mol. The molecule has 6 nitrogen and oxygen atoms in total. The zero-order valence-electron chi connectivity index (χ0n) is 13.5. The fourth-order valence-corrected chi connectivity index (χ4v) is 2.02. The van der Waals surface area contributed by atoms with E-state index in [4.69, 9.17) is 4.74 Å². The first kappa shape index (κ1) is 17.3. The minimum Gasteiger partial charge on any atom is -0.507 e. The number of nitrogens with one attached hydrogen (secondary N) is 2. The van der Waals surface area contributed by atoms with Gasteiger partial charge >= 0.3 is 0 Å². The number of ether oxygens (including phenoxy) is 1. The van der Waals surface area contributed by atoms with Crippen molar-refractivity contribution in [2.24, 2.45) is 5.10 Å². The zero-order chi connectivity index (χ0) is 17.2. The maximum Gasteiger partial charge on any atom is 0.240 e. The second-order valence-electron chi connectivity index (χ2n) is 5.11. The van der Waals surface area contributed by atoms with Gasteiger partial charge in [-0.15, -0.1) is 0 Å². The molecule has 0 aliphatic heterocycles. The maximum absolute atomic E-state index is 11.7. The van der Waals surface area contributed by atoms with Gasteiger partial charge in [-0.2, -0.15) is 5.10 Å². The predicted molar refractivity (Wildman–Crippen MR) is 94.6 cm³/mol. The molecule has 126 valence electrons. The fourth-order valence-electron chi connectivity index (χ4n) is 2.02. The Kier molecular flexibility index (Phi) is 6.64. The summed E-state index contributed by atoms with van der Waals surface area (Å²) < 4.78 is 5.09. The Bertz CT molecular complexity index is 684. The number of phenols is 1. The molecule has 6 heteroatoms. The molecule has 0 bridgehead atoms. The summed E-state index contributed by atoms with van der Waals surface area (Å²) in [5.41, 5.74) is 3.98. The van der Waals surface area contributed by atoms with Crippen molar-refractivity contribution in [3.63, 3.8) is 0 Å². The van der Waals surface area contributed by atoms with Crippen molar-refractivity contribution in [3.05, 3.63) is 54.1 Å². The van der Waals surface area contributed by atoms with Crippen molar-refractivity contribution >= 4 is 17.8 Å². The lowest BCUT2D eigenvalue weighted by Crippen LogP contribution is -2.18. The monoisotopic (exact) mass is 327 g/mol. The molecule has 24 heavy (non-hydrogen) atoms. The number of hydrogen-bond acceptors (Lipinski definition) is 5. The van der Waals surface area contributed by atoms with Crippen molar-refractivity contribution in [1.29, 1.82) is 0 Å². The molecule has 2 rings (SSSR count). The zero-order valence-corrected chi connectivity index (χ0v) is 13.5. The number of anilines is 1. The Morgan fingerprint density at radius 1 is 1.21 bits per heavy atom. The minimum absolute atomic E-state index is 0.124. The highest BCUT2D eigenvalue weighted by Crippen LogP contribution is 2.15. The lowest BCUT2D eigenvalue weighted by molar-refractivity contribution is -0.121. The second kappa shape index (κ2) is 9.19. The maximum atomic E-state index is 11.7. The molecule has 0 unspecified atom stereocenters. The SMILES string of the molecule is COc1ccc(NCCCC(=O)N/N=C/c2ccccc2O)cc1. The highest BCUT2D eigenvalue weighted by atomic mass is 16.5. The van der Waals surface area contributed by atoms with Crippen LogP contribution in [0.25, 0.3) is 0 Å². The molecular weight excluding hydrogens is 306 g/mol. The standard InChI is InChI=1S/C18H21N3O3/c1-24-16-10-8-15(9-11-16)19-12-4-7-18(23)21-20-13-14-5-2-3-6-17(14)22/h2-3,5-6,8-11,13,19,22H,4,7,12H2,1H3,(H,21,23)/b20-13+. The van der Waals surface area contributed by atoms with E-state index in [9.17, 15) is 9.90 Å². The second-order valence-corrected chi connectivity index (χ2v) is 5.11. The average Bonchev–Trinajstić information content (AvgIpc) is 2.61. The van der Waals surface area contributed by atoms with Gasteiger partial charge in [0.05, 0.1) is 13.3 Å². The molecular formula is C18H21N3O3. The number of aromatic hydroxyl groups is 1. The van der Waals surface area contributed by atoms with Gasteiger partial charge in [0.2, 0.25) is 5.91 Å². The lowest BCUT2D eigenvalue weighted by atomic mass is 10.2. The highest BCUT2D eigenvalue weighted by Gasteiger charge is 2.00. The molecule has 2 aromatic carbocycles. The first-order valence-corrected chi connectivity index (χ1v) is 7.67. The quantitative estimate of drug-likeness (QED) is 0.395. The summed E-state index contributed by atoms with van der Waals surface area (Å²) in [6, 6.07) is 14.4. The number of hydrazone groups is 1. The molecule has 0 saturated carbocycles. The Hall–Kier alpha value is -3.02. The molecule has 0 radical (unpaired) electrons. The number of rotatable bonds is 8. The van der Waals surface area contributed by atoms with Gasteiger partial charge in [-0.3, -0.25) is 4.79 Å². The number of amides is 1. The molecule has 3 N–H and O–H groups in total. The molecule has 2 aromatic rings. The van der Waals surface area contributed by atoms with E-state index in [1.807, 2.05) is 24.3 Å². The van der Waals surface area contributed by atoms with E-state index in [0.717, 1.165) is 11.4 Å². The Balaban J connectivity index is 1.65. The lowest BCUT2D eigenvalue weighted by Gasteiger charge is -2.06. The summed E-state index contributed by atoms with van der Waals surface area (Å²) in [4.78, 5) is 11.7. The van der Waals surface area contributed by atoms with Crippen LogP contribution < -0.4 is 15.5 Å². The van der Waals surface area contributed by atoms with Gasteiger partial charge in [-0.25, -0.2) is 5.43 Å². The molecule has 0 atom stereocenters. The van der Waals surface area contributed by atoms with Crippen molar-refractivity contribution in [2.75, 3.05) is 19.0 Å². The van der Waals surface area contributed by atoms with Crippen LogP contribution in [-0.2, 0) is 4.79 Å². The number of carbonyl (C=O) groups is 1. The molecule has 0 aliphatic carbocycles. The first-order valence-electron chi connectivity index (χ1n) is 7.67. The third-order valence-corrected chi connectivity index (χ3v) is 3.33. The number of hydrogen-bond donors (Lipinski definition) is 3. The van der Waals surface area contributed by atoms with Crippen molar-refractivity contribution in [3.8, 4) is 11.5 Å². The summed E-state index contributed by atoms with van der Waals surface area (Å²) in [5.74, 6) is 0.764. The molecule has 0 aromatic heterocycles. The van der Waals surface area contributed by atoms with Crippen molar-refractivity contribution < 1.29 is 14.6 Å². The van der Waals surface area contributed by atoms with E-state index in [0.29, 0.717) is 24.9 Å². The van der Waals surface area contributed by atoms with Crippen LogP contribution in [0.2, 0.25) is 0 Å². The van der Waals surface area contributed by atoms with E-state index in [1.165, 1.54) is 6.21 Å². The Morgan fingerprint density at radius 3 is 2.67 bits per heavy atom. The van der Waals surface area contributed by atoms with Gasteiger partial charge in [0.25, 0.3) is 0 Å². The molecule has 0 spiro atoms. The number of nitrogens with zero attached hydrogens (tertiary/aromatic N) is 1. The van der Waals surface area contributed by atoms with Crippen LogP contribution in [0.5, 0.6) is 11.5 Å². The van der Waals surface area contributed by atoms with E-state index in [1.54, 1.807) is 31.4 Å². The third-order valence-electron chi connectivity index (χ3n) is 3.33. The van der Waals surface area contributed by atoms with Crippen molar-refractivity contribution in [2.45, 2.75) is 12.8 Å². The van der Waals surface area contributed by atoms with E-state index < -0.39 is 0 Å². The molecule has 0 saturated heterocycles. The molecule has 0 fully saturated rings. The van der Waals surface area contributed by atoms with Gasteiger partial charge in [0.15, 0.2) is 0 Å². The summed E-state index contributed by atoms with van der Waals surface area (Å²) in [7, 11) is 1.63. The smallest absolute Gasteiger partial charge is 0.240 e. The number of benzene rings is 2. The summed E-state index contributed by atoms with van der Waals surface area (Å²) in [5, 5.41) is 16.6. The first-order chi connectivity index (χ1) is 11.7. The number of phenolic OH excluding ortho intramolecular Hbond substituents is 1. The van der Waals surface area contributed by atoms with E-state index in [-0.39, 0.29) is 11.7 Å². The number of para-hydroxylation sites is 1.